The van der Waals surface area contributed by atoms with E-state index >= 15 is 0 Å². The molecule has 14 heavy (non-hydrogen) atoms. The summed E-state index contributed by atoms with van der Waals surface area (Å²) in [6.07, 6.45) is 4.68. The Balaban J connectivity index is 0.000000980. The van der Waals surface area contributed by atoms with Gasteiger partial charge in [0.15, 0.2) is 0 Å². The highest BCUT2D eigenvalue weighted by molar-refractivity contribution is 5.85. The fourth-order valence-corrected chi connectivity index (χ4v) is 2.46. The zero-order chi connectivity index (χ0) is 9.10. The first kappa shape index (κ1) is 12.2. The van der Waals surface area contributed by atoms with Crippen LogP contribution < -0.4 is 5.32 Å². The molecule has 0 aromatic rings. The van der Waals surface area contributed by atoms with Gasteiger partial charge >= 0.3 is 0 Å². The first-order valence-corrected chi connectivity index (χ1v) is 5.49. The second kappa shape index (κ2) is 5.91. The molecule has 0 aromatic carbocycles. The summed E-state index contributed by atoms with van der Waals surface area (Å²) in [6, 6.07) is 0.684. The van der Waals surface area contributed by atoms with E-state index in [1.54, 1.807) is 0 Å². The van der Waals surface area contributed by atoms with Gasteiger partial charge in [-0.25, -0.2) is 0 Å². The van der Waals surface area contributed by atoms with Crippen LogP contribution in [0, 0.1) is 0 Å². The summed E-state index contributed by atoms with van der Waals surface area (Å²) in [4.78, 5) is 2.46. The number of nitrogens with one attached hydrogen (secondary N) is 1. The van der Waals surface area contributed by atoms with Crippen LogP contribution in [0.15, 0.2) is 0 Å². The van der Waals surface area contributed by atoms with E-state index in [9.17, 15) is 5.11 Å². The van der Waals surface area contributed by atoms with Crippen LogP contribution in [-0.2, 0) is 0 Å². The summed E-state index contributed by atoms with van der Waals surface area (Å²) in [7, 11) is 0. The third-order valence-corrected chi connectivity index (χ3v) is 3.22. The molecule has 4 heteroatoms. The Morgan fingerprint density at radius 3 is 2.71 bits per heavy atom. The van der Waals surface area contributed by atoms with Crippen molar-refractivity contribution in [3.63, 3.8) is 0 Å². The van der Waals surface area contributed by atoms with Gasteiger partial charge in [-0.05, 0) is 38.8 Å². The van der Waals surface area contributed by atoms with Crippen molar-refractivity contribution in [1.82, 2.24) is 10.2 Å². The van der Waals surface area contributed by atoms with Crippen molar-refractivity contribution in [2.24, 2.45) is 0 Å². The van der Waals surface area contributed by atoms with E-state index in [4.69, 9.17) is 0 Å². The number of halogens is 1. The van der Waals surface area contributed by atoms with E-state index in [0.717, 1.165) is 25.9 Å². The van der Waals surface area contributed by atoms with E-state index in [0.29, 0.717) is 6.04 Å². The topological polar surface area (TPSA) is 35.5 Å². The highest BCUT2D eigenvalue weighted by Gasteiger charge is 2.25. The van der Waals surface area contributed by atoms with Gasteiger partial charge in [-0.1, -0.05) is 0 Å². The van der Waals surface area contributed by atoms with Crippen molar-refractivity contribution in [1.29, 1.82) is 0 Å². The van der Waals surface area contributed by atoms with Crippen molar-refractivity contribution >= 4 is 12.4 Å². The van der Waals surface area contributed by atoms with E-state index in [1.165, 1.54) is 25.9 Å². The molecule has 0 aliphatic carbocycles. The smallest absolute Gasteiger partial charge is 0.0667 e. The van der Waals surface area contributed by atoms with Crippen LogP contribution in [0.25, 0.3) is 0 Å². The van der Waals surface area contributed by atoms with Crippen LogP contribution >= 0.6 is 12.4 Å². The standard InChI is InChI=1S/C10H20N2O.ClH/c13-10-4-2-6-12(8-10)9-3-1-5-11-7-9;/h9-11,13H,1-8H2;1H/t9?,10-;/m0./s1. The van der Waals surface area contributed by atoms with Crippen molar-refractivity contribution in [2.75, 3.05) is 26.2 Å². The summed E-state index contributed by atoms with van der Waals surface area (Å²) in [5, 5.41) is 13.0. The second-order valence-electron chi connectivity index (χ2n) is 4.29. The molecule has 2 N–H and O–H groups in total. The molecular formula is C10H21ClN2O. The summed E-state index contributed by atoms with van der Waals surface area (Å²) in [6.45, 7) is 4.37. The Morgan fingerprint density at radius 1 is 1.21 bits per heavy atom. The minimum Gasteiger partial charge on any atom is -0.392 e. The second-order valence-corrected chi connectivity index (χ2v) is 4.29. The molecule has 2 saturated heterocycles. The van der Waals surface area contributed by atoms with Gasteiger partial charge in [0.25, 0.3) is 0 Å². The number of hydrogen-bond acceptors (Lipinski definition) is 3. The quantitative estimate of drug-likeness (QED) is 0.680. The Morgan fingerprint density at radius 2 is 2.07 bits per heavy atom. The molecular weight excluding hydrogens is 200 g/mol. The predicted molar refractivity (Wildman–Crippen MR) is 60.0 cm³/mol. The normalized spacial score (nSPS) is 34.9. The van der Waals surface area contributed by atoms with Gasteiger partial charge in [0, 0.05) is 19.1 Å². The van der Waals surface area contributed by atoms with Crippen molar-refractivity contribution in [2.45, 2.75) is 37.8 Å². The number of aliphatic hydroxyl groups excluding tert-OH is 1. The SMILES string of the molecule is Cl.O[C@H]1CCCN(C2CCCNC2)C1. The van der Waals surface area contributed by atoms with Crippen molar-refractivity contribution < 1.29 is 5.11 Å². The lowest BCUT2D eigenvalue weighted by molar-refractivity contribution is 0.0398. The average Bonchev–Trinajstić information content (AvgIpc) is 2.19. The third kappa shape index (κ3) is 3.09. The zero-order valence-electron chi connectivity index (χ0n) is 8.61. The van der Waals surface area contributed by atoms with Gasteiger partial charge in [-0.2, -0.15) is 0 Å². The van der Waals surface area contributed by atoms with Gasteiger partial charge in [0.05, 0.1) is 6.10 Å². The van der Waals surface area contributed by atoms with Crippen molar-refractivity contribution in [3.05, 3.63) is 0 Å². The van der Waals surface area contributed by atoms with Crippen LogP contribution in [0.4, 0.5) is 0 Å². The molecule has 2 aliphatic heterocycles. The van der Waals surface area contributed by atoms with Gasteiger partial charge in [0.1, 0.15) is 0 Å². The van der Waals surface area contributed by atoms with Gasteiger partial charge < -0.3 is 10.4 Å². The molecule has 2 aliphatic rings. The fraction of sp³-hybridized carbons (Fsp3) is 1.00. The highest BCUT2D eigenvalue weighted by atomic mass is 35.5. The minimum atomic E-state index is -0.0734. The first-order valence-electron chi connectivity index (χ1n) is 5.49. The minimum absolute atomic E-state index is 0. The lowest BCUT2D eigenvalue weighted by Crippen LogP contribution is -2.50. The van der Waals surface area contributed by atoms with E-state index < -0.39 is 0 Å². The van der Waals surface area contributed by atoms with E-state index in [-0.39, 0.29) is 18.5 Å². The Kier molecular flexibility index (Phi) is 5.17. The Hall–Kier alpha value is 0.170. The monoisotopic (exact) mass is 220 g/mol. The van der Waals surface area contributed by atoms with Crippen LogP contribution in [0.3, 0.4) is 0 Å². The summed E-state index contributed by atoms with van der Waals surface area (Å²) >= 11 is 0. The van der Waals surface area contributed by atoms with Crippen LogP contribution in [0.2, 0.25) is 0 Å². The molecule has 2 fully saturated rings. The number of piperidine rings is 2. The van der Waals surface area contributed by atoms with Gasteiger partial charge in [-0.15, -0.1) is 12.4 Å². The average molecular weight is 221 g/mol. The maximum absolute atomic E-state index is 9.55. The van der Waals surface area contributed by atoms with Crippen LogP contribution in [-0.4, -0.2) is 48.3 Å². The molecule has 1 unspecified atom stereocenters. The van der Waals surface area contributed by atoms with E-state index in [1.807, 2.05) is 0 Å². The molecule has 2 rings (SSSR count). The molecule has 84 valence electrons. The number of aliphatic hydroxyl groups is 1. The van der Waals surface area contributed by atoms with E-state index in [2.05, 4.69) is 10.2 Å². The first-order chi connectivity index (χ1) is 6.36. The molecule has 0 amide bonds. The molecule has 0 radical (unpaired) electrons. The maximum Gasteiger partial charge on any atom is 0.0667 e. The largest absolute Gasteiger partial charge is 0.392 e. The van der Waals surface area contributed by atoms with Crippen molar-refractivity contribution in [3.8, 4) is 0 Å². The summed E-state index contributed by atoms with van der Waals surface area (Å²) in [5.74, 6) is 0. The molecule has 2 heterocycles. The predicted octanol–water partition coefficient (Wildman–Crippen LogP) is 0.617. The molecule has 0 bridgehead atoms. The molecule has 0 saturated carbocycles. The molecule has 0 aromatic heterocycles. The third-order valence-electron chi connectivity index (χ3n) is 3.22. The highest BCUT2D eigenvalue weighted by Crippen LogP contribution is 2.16. The molecule has 2 atom stereocenters. The number of nitrogens with zero attached hydrogens (tertiary/aromatic N) is 1. The number of rotatable bonds is 1. The summed E-state index contributed by atoms with van der Waals surface area (Å²) < 4.78 is 0. The number of β-amino-alcohol motifs (C(OH)–C–C–N with tert-alkyl or cyclic N) is 1. The molecule has 3 nitrogen and oxygen atoms in total. The Bertz CT molecular complexity index is 162. The van der Waals surface area contributed by atoms with Crippen LogP contribution in [0.5, 0.6) is 0 Å². The number of likely N-dealkylation sites (tertiary alicyclic amines) is 1. The molecule has 0 spiro atoms. The van der Waals surface area contributed by atoms with Gasteiger partial charge in [0.2, 0.25) is 0 Å². The fourth-order valence-electron chi connectivity index (χ4n) is 2.46. The maximum atomic E-state index is 9.55. The zero-order valence-corrected chi connectivity index (χ0v) is 9.43. The lowest BCUT2D eigenvalue weighted by Gasteiger charge is -2.38. The Labute approximate surface area is 92.3 Å². The number of hydrogen-bond donors (Lipinski definition) is 2. The van der Waals surface area contributed by atoms with Gasteiger partial charge in [-0.3, -0.25) is 4.90 Å². The summed E-state index contributed by atoms with van der Waals surface area (Å²) in [5.41, 5.74) is 0. The lowest BCUT2D eigenvalue weighted by atomic mass is 10.0. The van der Waals surface area contributed by atoms with Crippen LogP contribution in [0.1, 0.15) is 25.7 Å².